The van der Waals surface area contributed by atoms with Gasteiger partial charge in [0.05, 0.1) is 20.1 Å². The van der Waals surface area contributed by atoms with Gasteiger partial charge in [0.15, 0.2) is 5.82 Å². The van der Waals surface area contributed by atoms with Crippen LogP contribution in [0.5, 0.6) is 0 Å². The molecule has 0 bridgehead atoms. The minimum absolute atomic E-state index is 0.0427. The number of aromatic amines is 1. The Balaban J connectivity index is 1.38. The second-order valence-electron chi connectivity index (χ2n) is 6.59. The summed E-state index contributed by atoms with van der Waals surface area (Å²) in [6.07, 6.45) is 0. The Kier molecular flexibility index (Phi) is 4.85. The number of hydrogen-bond acceptors (Lipinski definition) is 3. The lowest BCUT2D eigenvalue weighted by molar-refractivity contribution is -1.02. The van der Waals surface area contributed by atoms with Crippen molar-refractivity contribution in [2.24, 2.45) is 0 Å². The van der Waals surface area contributed by atoms with Crippen LogP contribution in [0.2, 0.25) is 4.34 Å². The Morgan fingerprint density at radius 2 is 1.76 bits per heavy atom. The highest BCUT2D eigenvalue weighted by Crippen LogP contribution is 2.20. The van der Waals surface area contributed by atoms with Gasteiger partial charge in [-0.25, -0.2) is 4.98 Å². The maximum Gasteiger partial charge on any atom is 0.258 e. The molecule has 2 aromatic heterocycles. The molecule has 25 heavy (non-hydrogen) atoms. The molecule has 1 fully saturated rings. The molecule has 3 heterocycles. The lowest BCUT2D eigenvalue weighted by Crippen LogP contribution is -3.27. The van der Waals surface area contributed by atoms with Gasteiger partial charge in [-0.1, -0.05) is 23.7 Å². The first-order valence-electron chi connectivity index (χ1n) is 8.57. The minimum atomic E-state index is -0.0427. The number of thiophene rings is 1. The van der Waals surface area contributed by atoms with Crippen LogP contribution >= 0.6 is 22.9 Å². The third-order valence-corrected chi connectivity index (χ3v) is 6.03. The largest absolute Gasteiger partial charge is 0.321 e. The second-order valence-corrected chi connectivity index (χ2v) is 8.39. The van der Waals surface area contributed by atoms with Crippen molar-refractivity contribution in [3.63, 3.8) is 0 Å². The molecule has 0 amide bonds. The molecule has 7 heteroatoms. The number of nitrogens with one attached hydrogen (secondary N) is 3. The molecule has 0 unspecified atom stereocenters. The number of aromatic nitrogens is 2. The molecule has 0 spiro atoms. The van der Waals surface area contributed by atoms with E-state index in [9.17, 15) is 4.79 Å². The van der Waals surface area contributed by atoms with Crippen LogP contribution in [-0.2, 0) is 13.1 Å². The average Bonchev–Trinajstić information content (AvgIpc) is 3.02. The number of H-pyrrole nitrogens is 1. The van der Waals surface area contributed by atoms with E-state index in [-0.39, 0.29) is 5.56 Å². The highest BCUT2D eigenvalue weighted by Gasteiger charge is 2.24. The van der Waals surface area contributed by atoms with Gasteiger partial charge >= 0.3 is 0 Å². The van der Waals surface area contributed by atoms with Crippen molar-refractivity contribution in [2.75, 3.05) is 26.2 Å². The Labute approximate surface area is 154 Å². The van der Waals surface area contributed by atoms with Crippen molar-refractivity contribution in [3.05, 3.63) is 61.8 Å². The van der Waals surface area contributed by atoms with Gasteiger partial charge < -0.3 is 14.8 Å². The topological polar surface area (TPSA) is 54.6 Å². The van der Waals surface area contributed by atoms with E-state index in [4.69, 9.17) is 11.6 Å². The van der Waals surface area contributed by atoms with E-state index in [1.807, 2.05) is 30.3 Å². The fourth-order valence-electron chi connectivity index (χ4n) is 3.46. The third-order valence-electron chi connectivity index (χ3n) is 4.80. The molecule has 1 aliphatic heterocycles. The summed E-state index contributed by atoms with van der Waals surface area (Å²) in [5.41, 5.74) is 0.735. The van der Waals surface area contributed by atoms with Gasteiger partial charge in [-0.3, -0.25) is 4.79 Å². The minimum Gasteiger partial charge on any atom is -0.321 e. The van der Waals surface area contributed by atoms with Crippen molar-refractivity contribution in [1.82, 2.24) is 9.97 Å². The zero-order valence-corrected chi connectivity index (χ0v) is 15.4. The van der Waals surface area contributed by atoms with E-state index >= 15 is 0 Å². The predicted octanol–water partition coefficient (Wildman–Crippen LogP) is 0.122. The molecule has 1 saturated heterocycles. The average molecular weight is 377 g/mol. The van der Waals surface area contributed by atoms with Gasteiger partial charge in [0.2, 0.25) is 0 Å². The molecule has 0 atom stereocenters. The van der Waals surface area contributed by atoms with Crippen LogP contribution in [0, 0.1) is 0 Å². The SMILES string of the molecule is O=c1[nH]c(C[NH+]2CC[NH+](Cc3ccc(Cl)s3)CC2)nc2ccccc12. The lowest BCUT2D eigenvalue weighted by Gasteiger charge is -2.29. The van der Waals surface area contributed by atoms with E-state index in [1.54, 1.807) is 16.2 Å². The van der Waals surface area contributed by atoms with E-state index < -0.39 is 0 Å². The van der Waals surface area contributed by atoms with Crippen LogP contribution in [0.3, 0.4) is 0 Å². The quantitative estimate of drug-likeness (QED) is 0.606. The number of fused-ring (bicyclic) bond motifs is 1. The maximum atomic E-state index is 12.2. The number of para-hydroxylation sites is 1. The first-order valence-corrected chi connectivity index (χ1v) is 9.76. The number of rotatable bonds is 4. The smallest absolute Gasteiger partial charge is 0.258 e. The normalized spacial score (nSPS) is 20.8. The van der Waals surface area contributed by atoms with Crippen LogP contribution in [0.4, 0.5) is 0 Å². The van der Waals surface area contributed by atoms with Crippen molar-refractivity contribution >= 4 is 33.8 Å². The highest BCUT2D eigenvalue weighted by molar-refractivity contribution is 7.16. The van der Waals surface area contributed by atoms with Crippen LogP contribution < -0.4 is 15.4 Å². The molecule has 0 saturated carbocycles. The molecule has 0 radical (unpaired) electrons. The van der Waals surface area contributed by atoms with Gasteiger partial charge in [0.1, 0.15) is 39.3 Å². The number of nitrogens with zero attached hydrogens (tertiary/aromatic N) is 1. The molecule has 4 rings (SSSR count). The zero-order chi connectivity index (χ0) is 17.2. The predicted molar refractivity (Wildman–Crippen MR) is 100 cm³/mol. The van der Waals surface area contributed by atoms with E-state index in [0.29, 0.717) is 5.39 Å². The van der Waals surface area contributed by atoms with Crippen molar-refractivity contribution in [2.45, 2.75) is 13.1 Å². The molecule has 3 aromatic rings. The van der Waals surface area contributed by atoms with Crippen molar-refractivity contribution in [1.29, 1.82) is 0 Å². The first-order chi connectivity index (χ1) is 12.2. The summed E-state index contributed by atoms with van der Waals surface area (Å²) in [6, 6.07) is 11.6. The van der Waals surface area contributed by atoms with Gasteiger partial charge in [0.25, 0.3) is 5.56 Å². The second kappa shape index (κ2) is 7.25. The monoisotopic (exact) mass is 376 g/mol. The Morgan fingerprint density at radius 1 is 1.04 bits per heavy atom. The van der Waals surface area contributed by atoms with Gasteiger partial charge in [-0.15, -0.1) is 11.3 Å². The summed E-state index contributed by atoms with van der Waals surface area (Å²) in [5, 5.41) is 0.658. The molecule has 0 aliphatic carbocycles. The van der Waals surface area contributed by atoms with Crippen molar-refractivity contribution in [3.8, 4) is 0 Å². The van der Waals surface area contributed by atoms with Crippen LogP contribution in [-0.4, -0.2) is 36.1 Å². The standard InChI is InChI=1S/C18H19ClN4OS/c19-16-6-5-13(25-16)11-22-7-9-23(10-8-22)12-17-20-15-4-2-1-3-14(15)18(24)21-17/h1-6H,7-12H2,(H,20,21,24)/p+2. The summed E-state index contributed by atoms with van der Waals surface area (Å²) in [7, 11) is 0. The maximum absolute atomic E-state index is 12.2. The zero-order valence-electron chi connectivity index (χ0n) is 13.8. The third kappa shape index (κ3) is 3.93. The van der Waals surface area contributed by atoms with Crippen LogP contribution in [0.25, 0.3) is 10.9 Å². The Bertz CT molecular complexity index is 930. The summed E-state index contributed by atoms with van der Waals surface area (Å²) in [5.74, 6) is 0.784. The fourth-order valence-corrected chi connectivity index (χ4v) is 4.62. The van der Waals surface area contributed by atoms with E-state index in [0.717, 1.165) is 54.9 Å². The number of halogens is 1. The van der Waals surface area contributed by atoms with E-state index in [1.165, 1.54) is 9.78 Å². The van der Waals surface area contributed by atoms with Gasteiger partial charge in [-0.2, -0.15) is 0 Å². The molecule has 130 valence electrons. The van der Waals surface area contributed by atoms with Crippen LogP contribution in [0.15, 0.2) is 41.2 Å². The number of benzene rings is 1. The van der Waals surface area contributed by atoms with Gasteiger partial charge in [-0.05, 0) is 24.3 Å². The molecule has 1 aromatic carbocycles. The molecular weight excluding hydrogens is 356 g/mol. The van der Waals surface area contributed by atoms with E-state index in [2.05, 4.69) is 16.0 Å². The van der Waals surface area contributed by atoms with Crippen molar-refractivity contribution < 1.29 is 9.80 Å². The molecule has 1 aliphatic rings. The summed E-state index contributed by atoms with van der Waals surface area (Å²) in [4.78, 5) is 24.2. The lowest BCUT2D eigenvalue weighted by atomic mass is 10.2. The summed E-state index contributed by atoms with van der Waals surface area (Å²) >= 11 is 7.69. The molecule has 5 nitrogen and oxygen atoms in total. The Hall–Kier alpha value is -1.73. The van der Waals surface area contributed by atoms with Crippen LogP contribution in [0.1, 0.15) is 10.7 Å². The number of piperazine rings is 1. The number of hydrogen-bond donors (Lipinski definition) is 3. The number of quaternary nitrogens is 2. The molecule has 3 N–H and O–H groups in total. The summed E-state index contributed by atoms with van der Waals surface area (Å²) in [6.45, 7) is 6.26. The molecular formula is C18H21ClN4OS+2. The fraction of sp³-hybridized carbons (Fsp3) is 0.333. The van der Waals surface area contributed by atoms with Gasteiger partial charge in [0, 0.05) is 0 Å². The first kappa shape index (κ1) is 16.7. The Morgan fingerprint density at radius 3 is 2.48 bits per heavy atom. The summed E-state index contributed by atoms with van der Waals surface area (Å²) < 4.78 is 0.866. The highest BCUT2D eigenvalue weighted by atomic mass is 35.5.